The zero-order valence-corrected chi connectivity index (χ0v) is 12.1. The quantitative estimate of drug-likeness (QED) is 0.780. The Bertz CT molecular complexity index is 463. The minimum atomic E-state index is -4.36. The van der Waals surface area contributed by atoms with Gasteiger partial charge in [0.05, 0.1) is 5.56 Å². The van der Waals surface area contributed by atoms with Gasteiger partial charge in [0.2, 0.25) is 0 Å². The van der Waals surface area contributed by atoms with Crippen LogP contribution < -0.4 is 5.32 Å². The van der Waals surface area contributed by atoms with Gasteiger partial charge in [-0.2, -0.15) is 13.2 Å². The Hall–Kier alpha value is -0.990. The third kappa shape index (κ3) is 4.55. The molecule has 1 rings (SSSR count). The fraction of sp³-hybridized carbons (Fsp3) is 0.429. The molecular formula is C14H15BrF3N. The lowest BCUT2D eigenvalue weighted by Gasteiger charge is -2.19. The van der Waals surface area contributed by atoms with Crippen molar-refractivity contribution in [3.63, 3.8) is 0 Å². The van der Waals surface area contributed by atoms with E-state index in [4.69, 9.17) is 6.42 Å². The molecule has 0 spiro atoms. The smallest absolute Gasteiger partial charge is 0.310 e. The predicted molar refractivity (Wildman–Crippen MR) is 73.6 cm³/mol. The van der Waals surface area contributed by atoms with E-state index in [0.29, 0.717) is 24.9 Å². The number of benzene rings is 1. The first-order valence-corrected chi connectivity index (χ1v) is 6.73. The molecule has 0 aliphatic rings. The van der Waals surface area contributed by atoms with Crippen LogP contribution in [0.3, 0.4) is 0 Å². The maximum Gasteiger partial charge on any atom is 0.417 e. The topological polar surface area (TPSA) is 12.0 Å². The lowest BCUT2D eigenvalue weighted by molar-refractivity contribution is -0.138. The molecule has 1 nitrogen and oxygen atoms in total. The number of alkyl halides is 3. The highest BCUT2D eigenvalue weighted by molar-refractivity contribution is 9.10. The van der Waals surface area contributed by atoms with Crippen molar-refractivity contribution in [2.75, 3.05) is 6.54 Å². The summed E-state index contributed by atoms with van der Waals surface area (Å²) in [5.41, 5.74) is -0.0544. The Morgan fingerprint density at radius 3 is 2.63 bits per heavy atom. The second-order valence-electron chi connectivity index (χ2n) is 4.09. The molecule has 104 valence electrons. The molecule has 0 heterocycles. The molecule has 1 aromatic carbocycles. The predicted octanol–water partition coefficient (Wildman–Crippen LogP) is 4.53. The minimum Gasteiger partial charge on any atom is -0.310 e. The normalized spacial score (nSPS) is 13.1. The van der Waals surface area contributed by atoms with Gasteiger partial charge in [-0.3, -0.25) is 0 Å². The Morgan fingerprint density at radius 2 is 2.11 bits per heavy atom. The molecular weight excluding hydrogens is 319 g/mol. The number of terminal acetylenes is 1. The lowest BCUT2D eigenvalue weighted by Crippen LogP contribution is -2.21. The minimum absolute atomic E-state index is 0.0518. The molecule has 0 fully saturated rings. The molecule has 1 aromatic rings. The van der Waals surface area contributed by atoms with Crippen molar-refractivity contribution >= 4 is 15.9 Å². The van der Waals surface area contributed by atoms with E-state index in [1.807, 2.05) is 6.92 Å². The van der Waals surface area contributed by atoms with Crippen molar-refractivity contribution in [1.82, 2.24) is 5.32 Å². The van der Waals surface area contributed by atoms with Crippen LogP contribution in [-0.4, -0.2) is 6.54 Å². The summed E-state index contributed by atoms with van der Waals surface area (Å²) < 4.78 is 38.6. The summed E-state index contributed by atoms with van der Waals surface area (Å²) in [5.74, 6) is 2.51. The van der Waals surface area contributed by atoms with E-state index in [-0.39, 0.29) is 10.5 Å². The van der Waals surface area contributed by atoms with Crippen molar-refractivity contribution in [3.05, 3.63) is 33.8 Å². The van der Waals surface area contributed by atoms with Crippen LogP contribution in [0.2, 0.25) is 0 Å². The molecule has 0 radical (unpaired) electrons. The Morgan fingerprint density at radius 1 is 1.42 bits per heavy atom. The summed E-state index contributed by atoms with van der Waals surface area (Å²) in [4.78, 5) is 0. The van der Waals surface area contributed by atoms with Gasteiger partial charge in [-0.1, -0.05) is 28.9 Å². The standard InChI is InChI=1S/C14H15BrF3N/c1-3-5-6-13(19-4-2)10-7-8-12(15)11(9-10)14(16,17)18/h1,7-9,13,19H,4-6H2,2H3. The van der Waals surface area contributed by atoms with E-state index in [1.165, 1.54) is 12.1 Å². The van der Waals surface area contributed by atoms with E-state index >= 15 is 0 Å². The van der Waals surface area contributed by atoms with Crippen molar-refractivity contribution in [2.45, 2.75) is 32.0 Å². The van der Waals surface area contributed by atoms with Crippen molar-refractivity contribution in [2.24, 2.45) is 0 Å². The molecule has 0 aliphatic carbocycles. The van der Waals surface area contributed by atoms with Crippen LogP contribution in [0.4, 0.5) is 13.2 Å². The van der Waals surface area contributed by atoms with E-state index in [9.17, 15) is 13.2 Å². The summed E-state index contributed by atoms with van der Waals surface area (Å²) in [7, 11) is 0. The summed E-state index contributed by atoms with van der Waals surface area (Å²) in [6.07, 6.45) is 1.98. The second-order valence-corrected chi connectivity index (χ2v) is 4.94. The highest BCUT2D eigenvalue weighted by atomic mass is 79.9. The molecule has 0 aromatic heterocycles. The van der Waals surface area contributed by atoms with Crippen LogP contribution in [-0.2, 0) is 6.18 Å². The van der Waals surface area contributed by atoms with Crippen molar-refractivity contribution in [1.29, 1.82) is 0 Å². The van der Waals surface area contributed by atoms with E-state index < -0.39 is 11.7 Å². The van der Waals surface area contributed by atoms with Crippen LogP contribution >= 0.6 is 15.9 Å². The van der Waals surface area contributed by atoms with Crippen LogP contribution in [0, 0.1) is 12.3 Å². The zero-order valence-electron chi connectivity index (χ0n) is 10.5. The van der Waals surface area contributed by atoms with Crippen molar-refractivity contribution < 1.29 is 13.2 Å². The van der Waals surface area contributed by atoms with Gasteiger partial charge in [-0.25, -0.2) is 0 Å². The molecule has 0 saturated heterocycles. The highest BCUT2D eigenvalue weighted by Crippen LogP contribution is 2.36. The lowest BCUT2D eigenvalue weighted by atomic mass is 9.99. The third-order valence-electron chi connectivity index (χ3n) is 2.73. The van der Waals surface area contributed by atoms with Gasteiger partial charge >= 0.3 is 6.18 Å². The highest BCUT2D eigenvalue weighted by Gasteiger charge is 2.33. The van der Waals surface area contributed by atoms with Crippen molar-refractivity contribution in [3.8, 4) is 12.3 Å². The molecule has 0 saturated carbocycles. The SMILES string of the molecule is C#CCCC(NCC)c1ccc(Br)c(C(F)(F)F)c1. The van der Waals surface area contributed by atoms with Crippen LogP contribution in [0.5, 0.6) is 0 Å². The van der Waals surface area contributed by atoms with Crippen LogP contribution in [0.25, 0.3) is 0 Å². The second kappa shape index (κ2) is 6.97. The third-order valence-corrected chi connectivity index (χ3v) is 3.42. The van der Waals surface area contributed by atoms with Gasteiger partial charge in [0, 0.05) is 16.9 Å². The molecule has 5 heteroatoms. The average molecular weight is 334 g/mol. The van der Waals surface area contributed by atoms with Gasteiger partial charge < -0.3 is 5.32 Å². The summed E-state index contributed by atoms with van der Waals surface area (Å²) >= 11 is 2.93. The Labute approximate surface area is 119 Å². The largest absolute Gasteiger partial charge is 0.417 e. The summed E-state index contributed by atoms with van der Waals surface area (Å²) in [5, 5.41) is 3.15. The summed E-state index contributed by atoms with van der Waals surface area (Å²) in [6.45, 7) is 2.58. The monoisotopic (exact) mass is 333 g/mol. The van der Waals surface area contributed by atoms with Gasteiger partial charge in [0.1, 0.15) is 0 Å². The molecule has 0 aliphatic heterocycles. The Balaban J connectivity index is 3.07. The molecule has 19 heavy (non-hydrogen) atoms. The Kier molecular flexibility index (Phi) is 5.89. The van der Waals surface area contributed by atoms with Crippen LogP contribution in [0.15, 0.2) is 22.7 Å². The van der Waals surface area contributed by atoms with Gasteiger partial charge in [-0.15, -0.1) is 12.3 Å². The fourth-order valence-electron chi connectivity index (χ4n) is 1.84. The maximum atomic E-state index is 12.8. The number of halogens is 4. The maximum absolute atomic E-state index is 12.8. The van der Waals surface area contributed by atoms with Crippen LogP contribution in [0.1, 0.15) is 36.9 Å². The van der Waals surface area contributed by atoms with Gasteiger partial charge in [-0.05, 0) is 30.7 Å². The first kappa shape index (κ1) is 16.1. The zero-order chi connectivity index (χ0) is 14.5. The van der Waals surface area contributed by atoms with Gasteiger partial charge in [0.25, 0.3) is 0 Å². The molecule has 1 N–H and O–H groups in total. The number of hydrogen-bond acceptors (Lipinski definition) is 1. The van der Waals surface area contributed by atoms with E-state index in [2.05, 4.69) is 27.2 Å². The first-order valence-electron chi connectivity index (χ1n) is 5.93. The number of rotatable bonds is 5. The number of nitrogens with one attached hydrogen (secondary N) is 1. The number of hydrogen-bond donors (Lipinski definition) is 1. The molecule has 1 unspecified atom stereocenters. The van der Waals surface area contributed by atoms with E-state index in [0.717, 1.165) is 0 Å². The average Bonchev–Trinajstić information content (AvgIpc) is 2.34. The fourth-order valence-corrected chi connectivity index (χ4v) is 2.31. The summed E-state index contributed by atoms with van der Waals surface area (Å²) in [6, 6.07) is 4.13. The molecule has 0 amide bonds. The van der Waals surface area contributed by atoms with E-state index in [1.54, 1.807) is 6.07 Å². The molecule has 1 atom stereocenters. The van der Waals surface area contributed by atoms with Gasteiger partial charge in [0.15, 0.2) is 0 Å². The molecule has 0 bridgehead atoms. The first-order chi connectivity index (χ1) is 8.90.